The number of anilines is 1. The quantitative estimate of drug-likeness (QED) is 0.683. The maximum Gasteiger partial charge on any atom is 0.409 e. The molecule has 0 spiro atoms. The first-order chi connectivity index (χ1) is 10.5. The molecule has 0 bridgehead atoms. The number of benzene rings is 1. The fourth-order valence-electron chi connectivity index (χ4n) is 2.53. The van der Waals surface area contributed by atoms with Crippen LogP contribution in [0.1, 0.15) is 15.9 Å². The van der Waals surface area contributed by atoms with E-state index in [1.807, 2.05) is 0 Å². The van der Waals surface area contributed by atoms with Crippen LogP contribution in [0.4, 0.5) is 10.5 Å². The molecule has 114 valence electrons. The van der Waals surface area contributed by atoms with Crippen LogP contribution in [0.3, 0.4) is 0 Å². The van der Waals surface area contributed by atoms with Gasteiger partial charge >= 0.3 is 6.09 Å². The average molecular weight is 322 g/mol. The largest absolute Gasteiger partial charge is 0.465 e. The lowest BCUT2D eigenvalue weighted by atomic mass is 10.1. The number of nitrogens with zero attached hydrogens (tertiary/aromatic N) is 2. The van der Waals surface area contributed by atoms with E-state index in [0.717, 1.165) is 0 Å². The van der Waals surface area contributed by atoms with Crippen molar-refractivity contribution < 1.29 is 14.7 Å². The third kappa shape index (κ3) is 2.18. The minimum Gasteiger partial charge on any atom is -0.465 e. The Labute approximate surface area is 129 Å². The average Bonchev–Trinajstić information content (AvgIpc) is 2.62. The molecule has 1 aliphatic rings. The van der Waals surface area contributed by atoms with Gasteiger partial charge in [-0.15, -0.1) is 0 Å². The van der Waals surface area contributed by atoms with Crippen LogP contribution >= 0.6 is 11.6 Å². The molecule has 2 aromatic rings. The molecule has 0 aliphatic carbocycles. The molecular formula is C13H12ClN5O3. The number of aromatic nitrogens is 1. The van der Waals surface area contributed by atoms with Crippen LogP contribution in [0, 0.1) is 0 Å². The molecule has 1 aliphatic heterocycles. The van der Waals surface area contributed by atoms with Crippen LogP contribution < -0.4 is 16.5 Å². The number of carbonyl (C=O) groups is 2. The number of carboxylic acid groups (broad SMARTS) is 1. The molecular weight excluding hydrogens is 310 g/mol. The normalized spacial score (nSPS) is 13.1. The Kier molecular flexibility index (Phi) is 3.47. The SMILES string of the molecule is NCCn1c(Cl)c2c3c(cc(NC(=O)O)cc31)C(=O)NN=C2. The number of rotatable bonds is 3. The van der Waals surface area contributed by atoms with Gasteiger partial charge in [-0.25, -0.2) is 10.2 Å². The zero-order valence-electron chi connectivity index (χ0n) is 11.3. The Bertz CT molecular complexity index is 827. The second-order valence-electron chi connectivity index (χ2n) is 4.69. The first-order valence-electron chi connectivity index (χ1n) is 6.42. The van der Waals surface area contributed by atoms with Gasteiger partial charge in [0.15, 0.2) is 0 Å². The molecule has 0 fully saturated rings. The van der Waals surface area contributed by atoms with E-state index in [4.69, 9.17) is 22.4 Å². The van der Waals surface area contributed by atoms with Crippen LogP contribution in [0.15, 0.2) is 17.2 Å². The van der Waals surface area contributed by atoms with Gasteiger partial charge in [0.05, 0.1) is 17.3 Å². The van der Waals surface area contributed by atoms with Crippen LogP contribution in [-0.4, -0.2) is 34.4 Å². The van der Waals surface area contributed by atoms with E-state index in [2.05, 4.69) is 15.8 Å². The van der Waals surface area contributed by atoms with E-state index in [0.29, 0.717) is 40.3 Å². The zero-order valence-corrected chi connectivity index (χ0v) is 12.0. The van der Waals surface area contributed by atoms with E-state index < -0.39 is 12.0 Å². The summed E-state index contributed by atoms with van der Waals surface area (Å²) in [6.45, 7) is 0.777. The van der Waals surface area contributed by atoms with Crippen molar-refractivity contribution in [3.05, 3.63) is 28.4 Å². The van der Waals surface area contributed by atoms with Crippen LogP contribution in [0.25, 0.3) is 10.9 Å². The topological polar surface area (TPSA) is 122 Å². The molecule has 0 unspecified atom stereocenters. The molecule has 0 radical (unpaired) electrons. The number of amides is 2. The van der Waals surface area contributed by atoms with Crippen LogP contribution in [-0.2, 0) is 6.54 Å². The van der Waals surface area contributed by atoms with Gasteiger partial charge in [0.1, 0.15) is 5.15 Å². The minimum absolute atomic E-state index is 0.269. The minimum atomic E-state index is -1.22. The van der Waals surface area contributed by atoms with Crippen molar-refractivity contribution in [1.29, 1.82) is 0 Å². The fraction of sp³-hybridized carbons (Fsp3) is 0.154. The maximum atomic E-state index is 12.1. The van der Waals surface area contributed by atoms with Crippen molar-refractivity contribution >= 4 is 46.4 Å². The summed E-state index contributed by atoms with van der Waals surface area (Å²) in [5.41, 5.74) is 9.74. The van der Waals surface area contributed by atoms with Gasteiger partial charge in [0.2, 0.25) is 0 Å². The molecule has 0 saturated heterocycles. The highest BCUT2D eigenvalue weighted by molar-refractivity contribution is 6.35. The highest BCUT2D eigenvalue weighted by Gasteiger charge is 2.23. The van der Waals surface area contributed by atoms with E-state index >= 15 is 0 Å². The van der Waals surface area contributed by atoms with Crippen molar-refractivity contribution in [3.63, 3.8) is 0 Å². The number of nitrogens with two attached hydrogens (primary N) is 1. The van der Waals surface area contributed by atoms with Crippen molar-refractivity contribution in [2.45, 2.75) is 6.54 Å². The summed E-state index contributed by atoms with van der Waals surface area (Å²) in [5.74, 6) is -0.435. The van der Waals surface area contributed by atoms with Crippen LogP contribution in [0.2, 0.25) is 5.15 Å². The summed E-state index contributed by atoms with van der Waals surface area (Å²) in [6, 6.07) is 3.07. The number of nitrogens with one attached hydrogen (secondary N) is 2. The van der Waals surface area contributed by atoms with Gasteiger partial charge in [-0.2, -0.15) is 5.10 Å². The summed E-state index contributed by atoms with van der Waals surface area (Å²) in [5, 5.41) is 16.0. The summed E-state index contributed by atoms with van der Waals surface area (Å²) in [4.78, 5) is 23.0. The molecule has 8 nitrogen and oxygen atoms in total. The summed E-state index contributed by atoms with van der Waals surface area (Å²) in [7, 11) is 0. The van der Waals surface area contributed by atoms with Gasteiger partial charge in [-0.05, 0) is 12.1 Å². The van der Waals surface area contributed by atoms with Crippen LogP contribution in [0.5, 0.6) is 0 Å². The molecule has 5 N–H and O–H groups in total. The number of hydrazone groups is 1. The lowest BCUT2D eigenvalue weighted by Crippen LogP contribution is -2.17. The monoisotopic (exact) mass is 321 g/mol. The predicted octanol–water partition coefficient (Wildman–Crippen LogP) is 1.42. The third-order valence-electron chi connectivity index (χ3n) is 3.35. The first-order valence-corrected chi connectivity index (χ1v) is 6.80. The standard InChI is InChI=1S/C13H12ClN5O3/c14-11-8-5-16-18-12(20)7-3-6(17-13(21)22)4-9(10(7)8)19(11)2-1-15/h3-5,17H,1-2,15H2,(H,18,20)(H,21,22). The Morgan fingerprint density at radius 3 is 2.95 bits per heavy atom. The summed E-state index contributed by atoms with van der Waals surface area (Å²) >= 11 is 6.36. The maximum absolute atomic E-state index is 12.1. The molecule has 2 amide bonds. The number of hydrogen-bond donors (Lipinski definition) is 4. The van der Waals surface area contributed by atoms with Gasteiger partial charge in [-0.1, -0.05) is 11.6 Å². The van der Waals surface area contributed by atoms with Crippen molar-refractivity contribution in [3.8, 4) is 0 Å². The van der Waals surface area contributed by atoms with Crippen molar-refractivity contribution in [2.75, 3.05) is 11.9 Å². The summed E-state index contributed by atoms with van der Waals surface area (Å²) in [6.07, 6.45) is 0.246. The highest BCUT2D eigenvalue weighted by atomic mass is 35.5. The van der Waals surface area contributed by atoms with Crippen molar-refractivity contribution in [1.82, 2.24) is 9.99 Å². The van der Waals surface area contributed by atoms with Gasteiger partial charge < -0.3 is 15.4 Å². The second kappa shape index (κ2) is 5.32. The van der Waals surface area contributed by atoms with E-state index in [9.17, 15) is 9.59 Å². The molecule has 1 aromatic heterocycles. The molecule has 1 aromatic carbocycles. The first kappa shape index (κ1) is 14.4. The number of carbonyl (C=O) groups excluding carboxylic acids is 1. The predicted molar refractivity (Wildman–Crippen MR) is 82.7 cm³/mol. The zero-order chi connectivity index (χ0) is 15.9. The highest BCUT2D eigenvalue weighted by Crippen LogP contribution is 2.34. The van der Waals surface area contributed by atoms with Crippen molar-refractivity contribution in [2.24, 2.45) is 10.8 Å². The Morgan fingerprint density at radius 2 is 2.27 bits per heavy atom. The summed E-state index contributed by atoms with van der Waals surface area (Å²) < 4.78 is 1.73. The van der Waals surface area contributed by atoms with E-state index in [1.165, 1.54) is 12.3 Å². The molecule has 9 heteroatoms. The lowest BCUT2D eigenvalue weighted by Gasteiger charge is -2.09. The molecule has 0 saturated carbocycles. The molecule has 0 atom stereocenters. The Balaban J connectivity index is 2.36. The van der Waals surface area contributed by atoms with Gasteiger partial charge in [-0.3, -0.25) is 10.1 Å². The van der Waals surface area contributed by atoms with E-state index in [-0.39, 0.29) is 5.69 Å². The molecule has 22 heavy (non-hydrogen) atoms. The number of hydrogen-bond acceptors (Lipinski definition) is 4. The smallest absolute Gasteiger partial charge is 0.409 e. The third-order valence-corrected chi connectivity index (χ3v) is 3.75. The van der Waals surface area contributed by atoms with Gasteiger partial charge in [0.25, 0.3) is 5.91 Å². The Hall–Kier alpha value is -2.58. The van der Waals surface area contributed by atoms with E-state index in [1.54, 1.807) is 10.6 Å². The Morgan fingerprint density at radius 1 is 1.50 bits per heavy atom. The fourth-order valence-corrected chi connectivity index (χ4v) is 2.85. The molecule has 2 heterocycles. The number of halogens is 1. The van der Waals surface area contributed by atoms with Gasteiger partial charge in [0, 0.05) is 29.7 Å². The second-order valence-corrected chi connectivity index (χ2v) is 5.05. The molecule has 3 rings (SSSR count). The lowest BCUT2D eigenvalue weighted by molar-refractivity contribution is 0.0957.